The van der Waals surface area contributed by atoms with E-state index in [2.05, 4.69) is 10.3 Å². The third-order valence-electron chi connectivity index (χ3n) is 4.78. The van der Waals surface area contributed by atoms with Gasteiger partial charge in [-0.1, -0.05) is 12.5 Å². The highest BCUT2D eigenvalue weighted by Crippen LogP contribution is 2.40. The number of aromatic nitrogens is 1. The number of aliphatic hydroxyl groups is 1. The van der Waals surface area contributed by atoms with Crippen molar-refractivity contribution >= 4 is 11.1 Å². The minimum Gasteiger partial charge on any atom is -0.441 e. The van der Waals surface area contributed by atoms with E-state index in [0.29, 0.717) is 18.0 Å². The van der Waals surface area contributed by atoms with E-state index in [1.165, 1.54) is 19.3 Å². The lowest BCUT2D eigenvalue weighted by Crippen LogP contribution is -2.54. The van der Waals surface area contributed by atoms with Crippen LogP contribution in [0.3, 0.4) is 0 Å². The summed E-state index contributed by atoms with van der Waals surface area (Å²) in [6.07, 6.45) is 5.20. The van der Waals surface area contributed by atoms with Crippen LogP contribution in [0, 0.1) is 6.92 Å². The second-order valence-corrected chi connectivity index (χ2v) is 6.35. The normalized spacial score (nSPS) is 33.5. The highest BCUT2D eigenvalue weighted by atomic mass is 16.3. The summed E-state index contributed by atoms with van der Waals surface area (Å²) in [6.45, 7) is 1.85. The summed E-state index contributed by atoms with van der Waals surface area (Å²) in [5.74, 6) is 0.673. The first-order valence-electron chi connectivity index (χ1n) is 7.48. The molecule has 2 unspecified atom stereocenters. The third-order valence-corrected chi connectivity index (χ3v) is 4.78. The van der Waals surface area contributed by atoms with Gasteiger partial charge in [-0.05, 0) is 43.4 Å². The predicted molar refractivity (Wildman–Crippen MR) is 76.4 cm³/mol. The van der Waals surface area contributed by atoms with Crippen molar-refractivity contribution in [2.45, 2.75) is 56.7 Å². The van der Waals surface area contributed by atoms with Gasteiger partial charge in [-0.3, -0.25) is 0 Å². The van der Waals surface area contributed by atoms with Crippen LogP contribution >= 0.6 is 0 Å². The maximum Gasteiger partial charge on any atom is 0.192 e. The van der Waals surface area contributed by atoms with Gasteiger partial charge in [-0.15, -0.1) is 0 Å². The number of hydrogen-bond donors (Lipinski definition) is 2. The predicted octanol–water partition coefficient (Wildman–Crippen LogP) is 2.63. The number of hydrogen-bond acceptors (Lipinski definition) is 4. The number of nitrogens with one attached hydrogen (secondary N) is 1. The average molecular weight is 272 g/mol. The monoisotopic (exact) mass is 272 g/mol. The smallest absolute Gasteiger partial charge is 0.192 e. The Labute approximate surface area is 118 Å². The van der Waals surface area contributed by atoms with E-state index in [1.54, 1.807) is 0 Å². The molecule has 4 nitrogen and oxygen atoms in total. The van der Waals surface area contributed by atoms with Crippen LogP contribution in [0.15, 0.2) is 22.6 Å². The van der Waals surface area contributed by atoms with Crippen molar-refractivity contribution in [1.29, 1.82) is 0 Å². The first kappa shape index (κ1) is 12.4. The molecule has 106 valence electrons. The van der Waals surface area contributed by atoms with Crippen molar-refractivity contribution < 1.29 is 9.52 Å². The molecule has 2 aliphatic heterocycles. The second kappa shape index (κ2) is 4.30. The summed E-state index contributed by atoms with van der Waals surface area (Å²) >= 11 is 0. The maximum atomic E-state index is 11.1. The number of fused-ring (bicyclic) bond motifs is 3. The minimum atomic E-state index is -0.726. The minimum absolute atomic E-state index is 0.444. The number of oxazole rings is 1. The molecule has 4 heteroatoms. The van der Waals surface area contributed by atoms with Gasteiger partial charge in [0.1, 0.15) is 5.52 Å². The Bertz CT molecular complexity index is 637. The van der Waals surface area contributed by atoms with E-state index in [9.17, 15) is 5.11 Å². The Morgan fingerprint density at radius 3 is 2.80 bits per heavy atom. The van der Waals surface area contributed by atoms with E-state index >= 15 is 0 Å². The molecule has 0 amide bonds. The maximum absolute atomic E-state index is 11.1. The van der Waals surface area contributed by atoms with Crippen molar-refractivity contribution in [2.75, 3.05) is 0 Å². The Morgan fingerprint density at radius 1 is 1.30 bits per heavy atom. The number of benzene rings is 1. The molecule has 2 aromatic rings. The highest BCUT2D eigenvalue weighted by molar-refractivity contribution is 5.73. The molecule has 0 aliphatic carbocycles. The average Bonchev–Trinajstić information content (AvgIpc) is 2.77. The van der Waals surface area contributed by atoms with E-state index < -0.39 is 5.60 Å². The van der Waals surface area contributed by atoms with Crippen LogP contribution in [-0.4, -0.2) is 22.2 Å². The quantitative estimate of drug-likeness (QED) is 0.838. The van der Waals surface area contributed by atoms with Crippen LogP contribution in [-0.2, 0) is 5.60 Å². The van der Waals surface area contributed by atoms with E-state index in [-0.39, 0.29) is 0 Å². The highest BCUT2D eigenvalue weighted by Gasteiger charge is 2.41. The molecule has 4 rings (SSSR count). The Kier molecular flexibility index (Phi) is 2.66. The molecule has 20 heavy (non-hydrogen) atoms. The molecule has 2 bridgehead atoms. The van der Waals surface area contributed by atoms with E-state index in [0.717, 1.165) is 29.5 Å². The third kappa shape index (κ3) is 1.95. The van der Waals surface area contributed by atoms with Crippen LogP contribution in [0.25, 0.3) is 11.1 Å². The van der Waals surface area contributed by atoms with Gasteiger partial charge in [0, 0.05) is 19.0 Å². The fraction of sp³-hybridized carbons (Fsp3) is 0.562. The fourth-order valence-electron chi connectivity index (χ4n) is 3.90. The molecule has 1 aromatic carbocycles. The summed E-state index contributed by atoms with van der Waals surface area (Å²) in [7, 11) is 0. The molecule has 0 saturated carbocycles. The summed E-state index contributed by atoms with van der Waals surface area (Å²) in [5.41, 5.74) is 1.89. The lowest BCUT2D eigenvalue weighted by atomic mass is 9.74. The SMILES string of the molecule is Cc1nc2ccc(C3(O)CC4CCCC(C3)N4)cc2o1. The van der Waals surface area contributed by atoms with Crippen LogP contribution in [0.1, 0.15) is 43.6 Å². The van der Waals surface area contributed by atoms with E-state index in [1.807, 2.05) is 25.1 Å². The molecule has 2 saturated heterocycles. The first-order valence-corrected chi connectivity index (χ1v) is 7.48. The van der Waals surface area contributed by atoms with Gasteiger partial charge in [0.25, 0.3) is 0 Å². The van der Waals surface area contributed by atoms with Gasteiger partial charge in [0.15, 0.2) is 11.5 Å². The zero-order chi connectivity index (χ0) is 13.7. The number of piperidine rings is 2. The number of nitrogens with zero attached hydrogens (tertiary/aromatic N) is 1. The largest absolute Gasteiger partial charge is 0.441 e. The summed E-state index contributed by atoms with van der Waals surface area (Å²) in [4.78, 5) is 4.32. The Hall–Kier alpha value is -1.39. The summed E-state index contributed by atoms with van der Waals surface area (Å²) in [6, 6.07) is 6.82. The van der Waals surface area contributed by atoms with Crippen LogP contribution in [0.5, 0.6) is 0 Å². The molecule has 2 fully saturated rings. The topological polar surface area (TPSA) is 58.3 Å². The molecule has 0 spiro atoms. The molecule has 3 heterocycles. The van der Waals surface area contributed by atoms with Crippen LogP contribution in [0.2, 0.25) is 0 Å². The lowest BCUT2D eigenvalue weighted by molar-refractivity contribution is -0.0358. The first-order chi connectivity index (χ1) is 9.62. The van der Waals surface area contributed by atoms with Gasteiger partial charge >= 0.3 is 0 Å². The number of rotatable bonds is 1. The van der Waals surface area contributed by atoms with Gasteiger partial charge in [-0.25, -0.2) is 4.98 Å². The van der Waals surface area contributed by atoms with Crippen LogP contribution in [0.4, 0.5) is 0 Å². The number of aryl methyl sites for hydroxylation is 1. The molecular weight excluding hydrogens is 252 g/mol. The molecule has 2 aliphatic rings. The Balaban J connectivity index is 1.73. The molecule has 1 aromatic heterocycles. The zero-order valence-electron chi connectivity index (χ0n) is 11.7. The summed E-state index contributed by atoms with van der Waals surface area (Å²) < 4.78 is 5.60. The van der Waals surface area contributed by atoms with Gasteiger partial charge in [0.2, 0.25) is 0 Å². The van der Waals surface area contributed by atoms with Crippen molar-refractivity contribution in [3.05, 3.63) is 29.7 Å². The van der Waals surface area contributed by atoms with Crippen molar-refractivity contribution in [3.63, 3.8) is 0 Å². The fourth-order valence-corrected chi connectivity index (χ4v) is 3.90. The Morgan fingerprint density at radius 2 is 2.05 bits per heavy atom. The zero-order valence-corrected chi connectivity index (χ0v) is 11.7. The van der Waals surface area contributed by atoms with Gasteiger partial charge in [-0.2, -0.15) is 0 Å². The van der Waals surface area contributed by atoms with Crippen molar-refractivity contribution in [3.8, 4) is 0 Å². The lowest BCUT2D eigenvalue weighted by Gasteiger charge is -2.45. The standard InChI is InChI=1S/C16H20N2O2/c1-10-17-14-6-5-11(7-15(14)20-10)16(19)8-12-3-2-4-13(9-16)18-12/h5-7,12-13,18-19H,2-4,8-9H2,1H3. The van der Waals surface area contributed by atoms with Crippen molar-refractivity contribution in [1.82, 2.24) is 10.3 Å². The molecule has 0 radical (unpaired) electrons. The molecule has 2 atom stereocenters. The van der Waals surface area contributed by atoms with Gasteiger partial charge < -0.3 is 14.8 Å². The summed E-state index contributed by atoms with van der Waals surface area (Å²) in [5, 5.41) is 14.7. The van der Waals surface area contributed by atoms with Gasteiger partial charge in [0.05, 0.1) is 5.60 Å². The van der Waals surface area contributed by atoms with Crippen LogP contribution < -0.4 is 5.32 Å². The molecular formula is C16H20N2O2. The van der Waals surface area contributed by atoms with Crippen molar-refractivity contribution in [2.24, 2.45) is 0 Å². The van der Waals surface area contributed by atoms with E-state index in [4.69, 9.17) is 4.42 Å². The second-order valence-electron chi connectivity index (χ2n) is 6.35. The molecule has 2 N–H and O–H groups in total.